The molecule has 3 rings (SSSR count). The first kappa shape index (κ1) is 17.2. The largest absolute Gasteiger partial charge is 0.360 e. The van der Waals surface area contributed by atoms with E-state index in [0.717, 1.165) is 36.8 Å². The van der Waals surface area contributed by atoms with Crippen molar-refractivity contribution in [2.24, 2.45) is 0 Å². The van der Waals surface area contributed by atoms with Crippen molar-refractivity contribution in [3.05, 3.63) is 46.8 Å². The van der Waals surface area contributed by atoms with Gasteiger partial charge >= 0.3 is 0 Å². The van der Waals surface area contributed by atoms with Gasteiger partial charge < -0.3 is 4.52 Å². The van der Waals surface area contributed by atoms with Crippen molar-refractivity contribution in [3.63, 3.8) is 0 Å². The van der Waals surface area contributed by atoms with Crippen LogP contribution in [0.2, 0.25) is 0 Å². The first-order valence-electron chi connectivity index (χ1n) is 8.42. The second-order valence-corrected chi connectivity index (χ2v) is 8.38. The molecule has 24 heavy (non-hydrogen) atoms. The predicted molar refractivity (Wildman–Crippen MR) is 92.3 cm³/mol. The van der Waals surface area contributed by atoms with Gasteiger partial charge in [-0.05, 0) is 39.2 Å². The van der Waals surface area contributed by atoms with Crippen LogP contribution in [0.3, 0.4) is 0 Å². The number of hydrogen-bond acceptors (Lipinski definition) is 4. The van der Waals surface area contributed by atoms with E-state index in [1.807, 2.05) is 25.1 Å². The van der Waals surface area contributed by atoms with Gasteiger partial charge in [-0.2, -0.15) is 4.31 Å². The SMILES string of the molecule is Cc1cccc([C@@H]2CCCCCN2S(=O)(=O)c2c(C)noc2C)c1. The minimum Gasteiger partial charge on any atom is -0.360 e. The highest BCUT2D eigenvalue weighted by atomic mass is 32.2. The van der Waals surface area contributed by atoms with E-state index in [9.17, 15) is 8.42 Å². The highest BCUT2D eigenvalue weighted by molar-refractivity contribution is 7.89. The molecule has 0 spiro atoms. The van der Waals surface area contributed by atoms with E-state index >= 15 is 0 Å². The summed E-state index contributed by atoms with van der Waals surface area (Å²) in [6, 6.07) is 8.01. The third kappa shape index (κ3) is 3.13. The molecule has 1 fully saturated rings. The molecule has 130 valence electrons. The molecule has 2 aromatic rings. The summed E-state index contributed by atoms with van der Waals surface area (Å²) in [5.41, 5.74) is 2.64. The van der Waals surface area contributed by atoms with Gasteiger partial charge in [0.25, 0.3) is 0 Å². The van der Waals surface area contributed by atoms with Crippen molar-refractivity contribution in [2.45, 2.75) is 57.4 Å². The van der Waals surface area contributed by atoms with Gasteiger partial charge in [0.05, 0.1) is 6.04 Å². The lowest BCUT2D eigenvalue weighted by atomic mass is 10.0. The third-order valence-electron chi connectivity index (χ3n) is 4.67. The van der Waals surface area contributed by atoms with E-state index in [1.54, 1.807) is 18.2 Å². The van der Waals surface area contributed by atoms with Crippen LogP contribution in [-0.2, 0) is 10.0 Å². The summed E-state index contributed by atoms with van der Waals surface area (Å²) >= 11 is 0. The molecule has 1 aromatic heterocycles. The van der Waals surface area contributed by atoms with Crippen molar-refractivity contribution in [1.82, 2.24) is 9.46 Å². The van der Waals surface area contributed by atoms with Gasteiger partial charge in [-0.15, -0.1) is 0 Å². The Morgan fingerprint density at radius 1 is 1.17 bits per heavy atom. The number of hydrogen-bond donors (Lipinski definition) is 0. The zero-order valence-electron chi connectivity index (χ0n) is 14.4. The Balaban J connectivity index is 2.08. The molecule has 6 heteroatoms. The van der Waals surface area contributed by atoms with Crippen molar-refractivity contribution < 1.29 is 12.9 Å². The molecule has 1 atom stereocenters. The third-order valence-corrected chi connectivity index (χ3v) is 6.82. The Morgan fingerprint density at radius 2 is 1.96 bits per heavy atom. The van der Waals surface area contributed by atoms with Crippen LogP contribution in [0.4, 0.5) is 0 Å². The van der Waals surface area contributed by atoms with Crippen molar-refractivity contribution >= 4 is 10.0 Å². The average molecular weight is 348 g/mol. The standard InChI is InChI=1S/C18H24N2O3S/c1-13-8-7-9-16(12-13)17-10-5-4-6-11-20(17)24(21,22)18-14(2)19-23-15(18)3/h7-9,12,17H,4-6,10-11H2,1-3H3/t17-/m0/s1. The van der Waals surface area contributed by atoms with Crippen LogP contribution in [0.1, 0.15) is 54.3 Å². The molecule has 1 aromatic carbocycles. The number of aromatic nitrogens is 1. The summed E-state index contributed by atoms with van der Waals surface area (Å²) in [7, 11) is -3.64. The molecule has 0 amide bonds. The summed E-state index contributed by atoms with van der Waals surface area (Å²) in [6.45, 7) is 5.91. The predicted octanol–water partition coefficient (Wildman–Crippen LogP) is 3.91. The monoisotopic (exact) mass is 348 g/mol. The Hall–Kier alpha value is -1.66. The molecule has 5 nitrogen and oxygen atoms in total. The van der Waals surface area contributed by atoms with Crippen molar-refractivity contribution in [3.8, 4) is 0 Å². The van der Waals surface area contributed by atoms with Crippen LogP contribution >= 0.6 is 0 Å². The Kier molecular flexibility index (Phi) is 4.78. The Morgan fingerprint density at radius 3 is 2.62 bits per heavy atom. The highest BCUT2D eigenvalue weighted by Crippen LogP contribution is 2.36. The van der Waals surface area contributed by atoms with E-state index in [2.05, 4.69) is 11.2 Å². The zero-order valence-corrected chi connectivity index (χ0v) is 15.3. The number of benzene rings is 1. The lowest BCUT2D eigenvalue weighted by molar-refractivity contribution is 0.327. The number of aryl methyl sites for hydroxylation is 3. The van der Waals surface area contributed by atoms with Crippen molar-refractivity contribution in [2.75, 3.05) is 6.54 Å². The average Bonchev–Trinajstić information content (AvgIpc) is 2.75. The molecule has 0 saturated carbocycles. The molecule has 1 aliphatic rings. The molecule has 0 bridgehead atoms. The molecular weight excluding hydrogens is 324 g/mol. The van der Waals surface area contributed by atoms with Crippen LogP contribution in [0, 0.1) is 20.8 Å². The molecule has 1 aliphatic heterocycles. The Bertz CT molecular complexity index is 807. The number of rotatable bonds is 3. The van der Waals surface area contributed by atoms with Gasteiger partial charge in [0.1, 0.15) is 10.6 Å². The molecule has 0 radical (unpaired) electrons. The summed E-state index contributed by atoms with van der Waals surface area (Å²) < 4.78 is 33.4. The molecule has 1 saturated heterocycles. The molecule has 0 aliphatic carbocycles. The first-order chi connectivity index (χ1) is 11.4. The fraction of sp³-hybridized carbons (Fsp3) is 0.500. The number of sulfonamides is 1. The molecule has 0 N–H and O–H groups in total. The molecular formula is C18H24N2O3S. The van der Waals surface area contributed by atoms with E-state index in [-0.39, 0.29) is 10.9 Å². The molecule has 2 heterocycles. The summed E-state index contributed by atoms with van der Waals surface area (Å²) in [4.78, 5) is 0.224. The lowest BCUT2D eigenvalue weighted by Gasteiger charge is -2.29. The van der Waals surface area contributed by atoms with E-state index in [0.29, 0.717) is 18.0 Å². The maximum atomic E-state index is 13.3. The first-order valence-corrected chi connectivity index (χ1v) is 9.86. The molecule has 0 unspecified atom stereocenters. The van der Waals surface area contributed by atoms with E-state index in [4.69, 9.17) is 4.52 Å². The van der Waals surface area contributed by atoms with Gasteiger partial charge in [0.15, 0.2) is 5.76 Å². The fourth-order valence-corrected chi connectivity index (χ4v) is 5.52. The van der Waals surface area contributed by atoms with Crippen LogP contribution in [0.25, 0.3) is 0 Å². The second-order valence-electron chi connectivity index (χ2n) is 6.55. The van der Waals surface area contributed by atoms with Gasteiger partial charge in [0.2, 0.25) is 10.0 Å². The maximum absolute atomic E-state index is 13.3. The van der Waals surface area contributed by atoms with Crippen LogP contribution < -0.4 is 0 Å². The topological polar surface area (TPSA) is 63.4 Å². The highest BCUT2D eigenvalue weighted by Gasteiger charge is 2.36. The summed E-state index contributed by atoms with van der Waals surface area (Å²) in [5, 5.41) is 3.83. The summed E-state index contributed by atoms with van der Waals surface area (Å²) in [6.07, 6.45) is 3.80. The minimum atomic E-state index is -3.64. The van der Waals surface area contributed by atoms with Crippen molar-refractivity contribution in [1.29, 1.82) is 0 Å². The second kappa shape index (κ2) is 6.69. The minimum absolute atomic E-state index is 0.133. The van der Waals surface area contributed by atoms with E-state index in [1.165, 1.54) is 0 Å². The van der Waals surface area contributed by atoms with Gasteiger partial charge in [-0.1, -0.05) is 47.8 Å². The van der Waals surface area contributed by atoms with Gasteiger partial charge in [0, 0.05) is 6.54 Å². The normalized spacial score (nSPS) is 20.0. The fourth-order valence-electron chi connectivity index (χ4n) is 3.54. The number of nitrogens with zero attached hydrogens (tertiary/aromatic N) is 2. The van der Waals surface area contributed by atoms with Gasteiger partial charge in [-0.25, -0.2) is 8.42 Å². The smallest absolute Gasteiger partial charge is 0.249 e. The van der Waals surface area contributed by atoms with Gasteiger partial charge in [-0.3, -0.25) is 0 Å². The van der Waals surface area contributed by atoms with Crippen LogP contribution in [0.5, 0.6) is 0 Å². The summed E-state index contributed by atoms with van der Waals surface area (Å²) in [5.74, 6) is 0.361. The van der Waals surface area contributed by atoms with Crippen LogP contribution in [-0.4, -0.2) is 24.4 Å². The van der Waals surface area contributed by atoms with E-state index < -0.39 is 10.0 Å². The maximum Gasteiger partial charge on any atom is 0.249 e. The quantitative estimate of drug-likeness (QED) is 0.844. The lowest BCUT2D eigenvalue weighted by Crippen LogP contribution is -2.35. The zero-order chi connectivity index (χ0) is 17.3. The Labute approximate surface area is 143 Å². The van der Waals surface area contributed by atoms with Crippen LogP contribution in [0.15, 0.2) is 33.7 Å².